The molecule has 0 aromatic rings. The van der Waals surface area contributed by atoms with E-state index in [1.165, 1.54) is 7.11 Å². The van der Waals surface area contributed by atoms with E-state index in [4.69, 9.17) is 4.74 Å². The number of carbonyl (C=O) groups is 2. The van der Waals surface area contributed by atoms with Crippen LogP contribution in [0.1, 0.15) is 25.7 Å². The number of rotatable bonds is 5. The van der Waals surface area contributed by atoms with Crippen molar-refractivity contribution in [2.45, 2.75) is 25.7 Å². The summed E-state index contributed by atoms with van der Waals surface area (Å²) in [5.41, 5.74) is 0. The molecule has 0 bridgehead atoms. The van der Waals surface area contributed by atoms with E-state index in [-0.39, 0.29) is 24.7 Å². The van der Waals surface area contributed by atoms with Crippen LogP contribution < -0.4 is 5.32 Å². The van der Waals surface area contributed by atoms with E-state index >= 15 is 0 Å². The van der Waals surface area contributed by atoms with Crippen LogP contribution in [0.2, 0.25) is 0 Å². The Morgan fingerprint density at radius 2 is 2.00 bits per heavy atom. The lowest BCUT2D eigenvalue weighted by atomic mass is 10.0. The topological polar surface area (TPSA) is 64.6 Å². The van der Waals surface area contributed by atoms with Crippen LogP contribution in [0.15, 0.2) is 0 Å². The first-order chi connectivity index (χ1) is 7.72. The molecule has 0 unspecified atom stereocenters. The molecule has 1 aliphatic rings. The fourth-order valence-electron chi connectivity index (χ4n) is 1.61. The SMILES string of the molecule is COC(=O)CCC(=O)NCC1CCOCC1. The Kier molecular flexibility index (Phi) is 5.85. The Morgan fingerprint density at radius 1 is 1.31 bits per heavy atom. The van der Waals surface area contributed by atoms with Gasteiger partial charge < -0.3 is 14.8 Å². The monoisotopic (exact) mass is 229 g/mol. The largest absolute Gasteiger partial charge is 0.469 e. The summed E-state index contributed by atoms with van der Waals surface area (Å²) in [6.45, 7) is 2.24. The van der Waals surface area contributed by atoms with Crippen molar-refractivity contribution < 1.29 is 19.1 Å². The van der Waals surface area contributed by atoms with Gasteiger partial charge in [-0.05, 0) is 18.8 Å². The normalized spacial score (nSPS) is 16.8. The average Bonchev–Trinajstić information content (AvgIpc) is 2.34. The summed E-state index contributed by atoms with van der Waals surface area (Å²) < 4.78 is 9.69. The molecule has 0 aromatic heterocycles. The molecule has 0 atom stereocenters. The number of ether oxygens (including phenoxy) is 2. The Balaban J connectivity index is 2.07. The van der Waals surface area contributed by atoms with E-state index < -0.39 is 0 Å². The second-order valence-electron chi connectivity index (χ2n) is 3.94. The molecule has 5 heteroatoms. The highest BCUT2D eigenvalue weighted by molar-refractivity contribution is 5.81. The van der Waals surface area contributed by atoms with Crippen molar-refractivity contribution in [2.75, 3.05) is 26.9 Å². The number of hydrogen-bond acceptors (Lipinski definition) is 4. The summed E-state index contributed by atoms with van der Waals surface area (Å²) in [5, 5.41) is 2.83. The van der Waals surface area contributed by atoms with Gasteiger partial charge in [-0.2, -0.15) is 0 Å². The van der Waals surface area contributed by atoms with Crippen molar-refractivity contribution in [3.63, 3.8) is 0 Å². The minimum absolute atomic E-state index is 0.0862. The van der Waals surface area contributed by atoms with Gasteiger partial charge in [-0.1, -0.05) is 0 Å². The standard InChI is InChI=1S/C11H19NO4/c1-15-11(14)3-2-10(13)12-8-9-4-6-16-7-5-9/h9H,2-8H2,1H3,(H,12,13). The van der Waals surface area contributed by atoms with Gasteiger partial charge in [0.05, 0.1) is 13.5 Å². The minimum atomic E-state index is -0.346. The van der Waals surface area contributed by atoms with Crippen LogP contribution in [0.3, 0.4) is 0 Å². The zero-order valence-electron chi connectivity index (χ0n) is 9.66. The highest BCUT2D eigenvalue weighted by Crippen LogP contribution is 2.13. The fourth-order valence-corrected chi connectivity index (χ4v) is 1.61. The van der Waals surface area contributed by atoms with Gasteiger partial charge in [-0.25, -0.2) is 0 Å². The maximum Gasteiger partial charge on any atom is 0.306 e. The van der Waals surface area contributed by atoms with Crippen molar-refractivity contribution in [3.05, 3.63) is 0 Å². The fraction of sp³-hybridized carbons (Fsp3) is 0.818. The van der Waals surface area contributed by atoms with Gasteiger partial charge in [0.15, 0.2) is 0 Å². The van der Waals surface area contributed by atoms with Crippen LogP contribution in [0, 0.1) is 5.92 Å². The van der Waals surface area contributed by atoms with Crippen molar-refractivity contribution in [1.29, 1.82) is 0 Å². The van der Waals surface area contributed by atoms with Gasteiger partial charge in [0.1, 0.15) is 0 Å². The molecule has 1 saturated heterocycles. The predicted octanol–water partition coefficient (Wildman–Crippen LogP) is 0.482. The molecule has 1 rings (SSSR count). The lowest BCUT2D eigenvalue weighted by molar-refractivity contribution is -0.142. The predicted molar refractivity (Wildman–Crippen MR) is 57.8 cm³/mol. The second-order valence-corrected chi connectivity index (χ2v) is 3.94. The Hall–Kier alpha value is -1.10. The Labute approximate surface area is 95.5 Å². The van der Waals surface area contributed by atoms with E-state index in [9.17, 15) is 9.59 Å². The smallest absolute Gasteiger partial charge is 0.306 e. The number of methoxy groups -OCH3 is 1. The minimum Gasteiger partial charge on any atom is -0.469 e. The van der Waals surface area contributed by atoms with Gasteiger partial charge >= 0.3 is 5.97 Å². The number of hydrogen-bond donors (Lipinski definition) is 1. The van der Waals surface area contributed by atoms with Crippen LogP contribution in [-0.4, -0.2) is 38.7 Å². The molecule has 1 aliphatic heterocycles. The second kappa shape index (κ2) is 7.22. The molecule has 0 spiro atoms. The third kappa shape index (κ3) is 5.11. The van der Waals surface area contributed by atoms with Gasteiger partial charge in [0.2, 0.25) is 5.91 Å². The van der Waals surface area contributed by atoms with Crippen molar-refractivity contribution in [2.24, 2.45) is 5.92 Å². The summed E-state index contributed by atoms with van der Waals surface area (Å²) in [5.74, 6) is 0.0777. The maximum atomic E-state index is 11.4. The molecule has 0 aromatic carbocycles. The molecule has 16 heavy (non-hydrogen) atoms. The van der Waals surface area contributed by atoms with Crippen molar-refractivity contribution in [3.8, 4) is 0 Å². The zero-order valence-corrected chi connectivity index (χ0v) is 9.66. The first-order valence-electron chi connectivity index (χ1n) is 5.63. The van der Waals surface area contributed by atoms with Crippen LogP contribution >= 0.6 is 0 Å². The van der Waals surface area contributed by atoms with Gasteiger partial charge in [-0.15, -0.1) is 0 Å². The summed E-state index contributed by atoms with van der Waals surface area (Å²) in [4.78, 5) is 22.2. The first kappa shape index (κ1) is 13.0. The molecule has 1 N–H and O–H groups in total. The molecule has 0 aliphatic carbocycles. The summed E-state index contributed by atoms with van der Waals surface area (Å²) in [6.07, 6.45) is 2.35. The van der Waals surface area contributed by atoms with Crippen LogP contribution in [0.25, 0.3) is 0 Å². The molecule has 0 saturated carbocycles. The highest BCUT2D eigenvalue weighted by atomic mass is 16.5. The van der Waals surface area contributed by atoms with Crippen LogP contribution in [-0.2, 0) is 19.1 Å². The van der Waals surface area contributed by atoms with Crippen LogP contribution in [0.5, 0.6) is 0 Å². The summed E-state index contributed by atoms with van der Waals surface area (Å²) >= 11 is 0. The van der Waals surface area contributed by atoms with E-state index in [0.29, 0.717) is 12.5 Å². The lowest BCUT2D eigenvalue weighted by Gasteiger charge is -2.22. The number of amides is 1. The molecular formula is C11H19NO4. The number of carbonyl (C=O) groups excluding carboxylic acids is 2. The molecule has 92 valence electrons. The number of nitrogens with one attached hydrogen (secondary N) is 1. The van der Waals surface area contributed by atoms with Gasteiger partial charge in [-0.3, -0.25) is 9.59 Å². The Bertz CT molecular complexity index is 236. The van der Waals surface area contributed by atoms with Crippen molar-refractivity contribution in [1.82, 2.24) is 5.32 Å². The molecule has 5 nitrogen and oxygen atoms in total. The third-order valence-electron chi connectivity index (χ3n) is 2.71. The first-order valence-corrected chi connectivity index (χ1v) is 5.63. The quantitative estimate of drug-likeness (QED) is 0.696. The van der Waals surface area contributed by atoms with E-state index in [1.54, 1.807) is 0 Å². The van der Waals surface area contributed by atoms with Gasteiger partial charge in [0.25, 0.3) is 0 Å². The van der Waals surface area contributed by atoms with E-state index in [1.807, 2.05) is 0 Å². The van der Waals surface area contributed by atoms with Crippen molar-refractivity contribution >= 4 is 11.9 Å². The maximum absolute atomic E-state index is 11.4. The van der Waals surface area contributed by atoms with E-state index in [0.717, 1.165) is 26.1 Å². The third-order valence-corrected chi connectivity index (χ3v) is 2.71. The summed E-state index contributed by atoms with van der Waals surface area (Å²) in [6, 6.07) is 0. The van der Waals surface area contributed by atoms with Crippen LogP contribution in [0.4, 0.5) is 0 Å². The number of esters is 1. The lowest BCUT2D eigenvalue weighted by Crippen LogP contribution is -2.32. The molecule has 1 heterocycles. The Morgan fingerprint density at radius 3 is 2.62 bits per heavy atom. The molecule has 1 fully saturated rings. The zero-order chi connectivity index (χ0) is 11.8. The van der Waals surface area contributed by atoms with E-state index in [2.05, 4.69) is 10.1 Å². The molecular weight excluding hydrogens is 210 g/mol. The molecule has 0 radical (unpaired) electrons. The molecule has 1 amide bonds. The summed E-state index contributed by atoms with van der Waals surface area (Å²) in [7, 11) is 1.32. The van der Waals surface area contributed by atoms with Gasteiger partial charge in [0, 0.05) is 26.2 Å². The highest BCUT2D eigenvalue weighted by Gasteiger charge is 2.14. The average molecular weight is 229 g/mol.